The lowest BCUT2D eigenvalue weighted by atomic mass is 10.2. The molecule has 2 N–H and O–H groups in total. The van der Waals surface area contributed by atoms with Gasteiger partial charge in [0.25, 0.3) is 5.69 Å². The van der Waals surface area contributed by atoms with E-state index < -0.39 is 4.92 Å². The van der Waals surface area contributed by atoms with E-state index in [2.05, 4.69) is 15.9 Å². The minimum Gasteiger partial charge on any atom is -0.488 e. The van der Waals surface area contributed by atoms with Gasteiger partial charge in [0.15, 0.2) is 0 Å². The summed E-state index contributed by atoms with van der Waals surface area (Å²) >= 11 is 8.29. The van der Waals surface area contributed by atoms with E-state index in [1.807, 2.05) is 0 Å². The molecule has 2 aromatic rings. The predicted molar refractivity (Wildman–Crippen MR) is 87.5 cm³/mol. The Kier molecular flexibility index (Phi) is 4.87. The molecule has 0 aliphatic heterocycles. The maximum absolute atomic E-state index is 10.6. The van der Waals surface area contributed by atoms with E-state index in [4.69, 9.17) is 22.7 Å². The van der Waals surface area contributed by atoms with E-state index in [1.165, 1.54) is 12.1 Å². The first kappa shape index (κ1) is 15.4. The molecule has 0 atom stereocenters. The molecule has 0 saturated heterocycles. The van der Waals surface area contributed by atoms with Crippen LogP contribution in [0.4, 0.5) is 5.69 Å². The highest BCUT2D eigenvalue weighted by molar-refractivity contribution is 9.10. The van der Waals surface area contributed by atoms with Crippen LogP contribution >= 0.6 is 28.1 Å². The molecular formula is C14H11BrN2O3S. The summed E-state index contributed by atoms with van der Waals surface area (Å²) in [4.78, 5) is 10.5. The maximum atomic E-state index is 10.6. The molecule has 0 fully saturated rings. The van der Waals surface area contributed by atoms with E-state index in [0.717, 1.165) is 15.6 Å². The second-order valence-corrected chi connectivity index (χ2v) is 5.52. The summed E-state index contributed by atoms with van der Waals surface area (Å²) in [7, 11) is 0. The van der Waals surface area contributed by atoms with Gasteiger partial charge in [-0.25, -0.2) is 0 Å². The lowest BCUT2D eigenvalue weighted by Crippen LogP contribution is -2.09. The van der Waals surface area contributed by atoms with Crippen LogP contribution in [-0.4, -0.2) is 9.91 Å². The van der Waals surface area contributed by atoms with Crippen molar-refractivity contribution in [2.45, 2.75) is 6.61 Å². The third kappa shape index (κ3) is 3.99. The fourth-order valence-corrected chi connectivity index (χ4v) is 2.27. The summed E-state index contributed by atoms with van der Waals surface area (Å²) in [6.45, 7) is 0.309. The molecule has 2 rings (SSSR count). The van der Waals surface area contributed by atoms with Crippen molar-refractivity contribution in [3.8, 4) is 5.75 Å². The molecule has 0 aromatic heterocycles. The smallest absolute Gasteiger partial charge is 0.269 e. The van der Waals surface area contributed by atoms with Crippen LogP contribution in [0.15, 0.2) is 46.9 Å². The molecule has 5 nitrogen and oxygen atoms in total. The Labute approximate surface area is 135 Å². The molecule has 0 aliphatic rings. The number of nitrogens with zero attached hydrogens (tertiary/aromatic N) is 1. The second kappa shape index (κ2) is 6.64. The highest BCUT2D eigenvalue weighted by atomic mass is 79.9. The first-order chi connectivity index (χ1) is 9.97. The average molecular weight is 367 g/mol. The third-order valence-electron chi connectivity index (χ3n) is 2.76. The van der Waals surface area contributed by atoms with Gasteiger partial charge in [0, 0.05) is 17.7 Å². The number of benzene rings is 2. The number of nitro benzene ring substituents is 1. The Morgan fingerprint density at radius 3 is 2.48 bits per heavy atom. The number of nitrogens with two attached hydrogens (primary N) is 1. The van der Waals surface area contributed by atoms with Crippen molar-refractivity contribution >= 4 is 38.8 Å². The van der Waals surface area contributed by atoms with Crippen LogP contribution in [0, 0.1) is 10.1 Å². The van der Waals surface area contributed by atoms with Crippen LogP contribution in [0.3, 0.4) is 0 Å². The Morgan fingerprint density at radius 2 is 1.95 bits per heavy atom. The summed E-state index contributed by atoms with van der Waals surface area (Å²) in [6, 6.07) is 11.5. The van der Waals surface area contributed by atoms with Gasteiger partial charge < -0.3 is 10.5 Å². The predicted octanol–water partition coefficient (Wildman–Crippen LogP) is 3.57. The summed E-state index contributed by atoms with van der Waals surface area (Å²) < 4.78 is 6.40. The Hall–Kier alpha value is -1.99. The molecule has 108 valence electrons. The van der Waals surface area contributed by atoms with Crippen LogP contribution in [0.25, 0.3) is 0 Å². The zero-order valence-electron chi connectivity index (χ0n) is 10.8. The normalized spacial score (nSPS) is 10.1. The molecular weight excluding hydrogens is 356 g/mol. The van der Waals surface area contributed by atoms with E-state index in [0.29, 0.717) is 17.3 Å². The first-order valence-electron chi connectivity index (χ1n) is 5.93. The molecule has 21 heavy (non-hydrogen) atoms. The largest absolute Gasteiger partial charge is 0.488 e. The SMILES string of the molecule is NC(=S)c1ccc(OCc2ccc([N+](=O)[O-])cc2)c(Br)c1. The van der Waals surface area contributed by atoms with E-state index >= 15 is 0 Å². The number of hydrogen-bond acceptors (Lipinski definition) is 4. The second-order valence-electron chi connectivity index (χ2n) is 4.22. The summed E-state index contributed by atoms with van der Waals surface area (Å²) in [6.07, 6.45) is 0. The van der Waals surface area contributed by atoms with Crippen LogP contribution in [0.1, 0.15) is 11.1 Å². The van der Waals surface area contributed by atoms with Crippen molar-refractivity contribution in [3.05, 3.63) is 68.2 Å². The highest BCUT2D eigenvalue weighted by Gasteiger charge is 2.07. The highest BCUT2D eigenvalue weighted by Crippen LogP contribution is 2.27. The van der Waals surface area contributed by atoms with Crippen molar-refractivity contribution in [2.75, 3.05) is 0 Å². The van der Waals surface area contributed by atoms with Gasteiger partial charge in [0.05, 0.1) is 9.40 Å². The number of nitro groups is 1. The molecule has 2 aromatic carbocycles. The lowest BCUT2D eigenvalue weighted by Gasteiger charge is -2.09. The number of non-ortho nitro benzene ring substituents is 1. The van der Waals surface area contributed by atoms with E-state index in [-0.39, 0.29) is 5.69 Å². The zero-order valence-corrected chi connectivity index (χ0v) is 13.2. The molecule has 0 bridgehead atoms. The van der Waals surface area contributed by atoms with E-state index in [1.54, 1.807) is 30.3 Å². The van der Waals surface area contributed by atoms with Crippen LogP contribution in [0.2, 0.25) is 0 Å². The molecule has 0 heterocycles. The standard InChI is InChI=1S/C14H11BrN2O3S/c15-12-7-10(14(16)21)3-6-13(12)20-8-9-1-4-11(5-2-9)17(18)19/h1-7H,8H2,(H2,16,21). The monoisotopic (exact) mass is 366 g/mol. The molecule has 0 saturated carbocycles. The fraction of sp³-hybridized carbons (Fsp3) is 0.0714. The van der Waals surface area contributed by atoms with Crippen molar-refractivity contribution in [1.29, 1.82) is 0 Å². The minimum atomic E-state index is -0.435. The van der Waals surface area contributed by atoms with Gasteiger partial charge in [-0.05, 0) is 51.8 Å². The number of rotatable bonds is 5. The average Bonchev–Trinajstić information content (AvgIpc) is 2.46. The molecule has 0 aliphatic carbocycles. The Balaban J connectivity index is 2.06. The molecule has 0 radical (unpaired) electrons. The summed E-state index contributed by atoms with van der Waals surface area (Å²) in [5.41, 5.74) is 7.20. The molecule has 0 amide bonds. The van der Waals surface area contributed by atoms with Gasteiger partial charge in [-0.1, -0.05) is 12.2 Å². The van der Waals surface area contributed by atoms with Crippen LogP contribution < -0.4 is 10.5 Å². The van der Waals surface area contributed by atoms with E-state index in [9.17, 15) is 10.1 Å². The van der Waals surface area contributed by atoms with Crippen LogP contribution in [0.5, 0.6) is 5.75 Å². The van der Waals surface area contributed by atoms with Gasteiger partial charge in [-0.2, -0.15) is 0 Å². The Morgan fingerprint density at radius 1 is 1.29 bits per heavy atom. The number of halogens is 1. The lowest BCUT2D eigenvalue weighted by molar-refractivity contribution is -0.384. The van der Waals surface area contributed by atoms with Gasteiger partial charge in [0.1, 0.15) is 17.3 Å². The van der Waals surface area contributed by atoms with Gasteiger partial charge in [-0.15, -0.1) is 0 Å². The zero-order chi connectivity index (χ0) is 15.4. The minimum absolute atomic E-state index is 0.0562. The maximum Gasteiger partial charge on any atom is 0.269 e. The number of thiocarbonyl (C=S) groups is 1. The Bertz CT molecular complexity index is 689. The van der Waals surface area contributed by atoms with Gasteiger partial charge in [-0.3, -0.25) is 10.1 Å². The first-order valence-corrected chi connectivity index (χ1v) is 7.13. The fourth-order valence-electron chi connectivity index (χ4n) is 1.65. The van der Waals surface area contributed by atoms with Crippen molar-refractivity contribution in [2.24, 2.45) is 5.73 Å². The van der Waals surface area contributed by atoms with Gasteiger partial charge >= 0.3 is 0 Å². The molecule has 7 heteroatoms. The third-order valence-corrected chi connectivity index (χ3v) is 3.61. The summed E-state index contributed by atoms with van der Waals surface area (Å²) in [5.74, 6) is 0.647. The quantitative estimate of drug-likeness (QED) is 0.497. The van der Waals surface area contributed by atoms with Crippen molar-refractivity contribution in [3.63, 3.8) is 0 Å². The van der Waals surface area contributed by atoms with Crippen LogP contribution in [-0.2, 0) is 6.61 Å². The van der Waals surface area contributed by atoms with Crippen molar-refractivity contribution < 1.29 is 9.66 Å². The number of ether oxygens (including phenoxy) is 1. The topological polar surface area (TPSA) is 78.4 Å². The molecule has 0 unspecified atom stereocenters. The summed E-state index contributed by atoms with van der Waals surface area (Å²) in [5, 5.41) is 10.6. The number of hydrogen-bond donors (Lipinski definition) is 1. The van der Waals surface area contributed by atoms with Gasteiger partial charge in [0.2, 0.25) is 0 Å². The molecule has 0 spiro atoms. The van der Waals surface area contributed by atoms with Crippen molar-refractivity contribution in [1.82, 2.24) is 0 Å².